The van der Waals surface area contributed by atoms with Gasteiger partial charge in [-0.15, -0.1) is 0 Å². The van der Waals surface area contributed by atoms with Crippen molar-refractivity contribution in [3.05, 3.63) is 0 Å². The summed E-state index contributed by atoms with van der Waals surface area (Å²) in [5.74, 6) is -8.65. The molecule has 0 spiro atoms. The van der Waals surface area contributed by atoms with Crippen molar-refractivity contribution in [2.24, 2.45) is 0 Å². The van der Waals surface area contributed by atoms with Crippen molar-refractivity contribution in [3.63, 3.8) is 0 Å². The maximum absolute atomic E-state index is 12.8. The second kappa shape index (κ2) is 3.66. The Kier molecular flexibility index (Phi) is 3.13. The highest BCUT2D eigenvalue weighted by molar-refractivity contribution is 7.87. The van der Waals surface area contributed by atoms with E-state index >= 15 is 0 Å². The van der Waals surface area contributed by atoms with Gasteiger partial charge < -0.3 is 0 Å². The fraction of sp³-hybridized carbons (Fsp3) is 1.00. The van der Waals surface area contributed by atoms with Crippen LogP contribution >= 0.6 is 0 Å². The monoisotopic (exact) mass is 310 g/mol. The van der Waals surface area contributed by atoms with E-state index in [1.807, 2.05) is 0 Å². The molecule has 4 nitrogen and oxygen atoms in total. The van der Waals surface area contributed by atoms with Gasteiger partial charge in [-0.25, -0.2) is 4.18 Å². The largest absolute Gasteiger partial charge is 0.462 e. The normalized spacial score (nSPS) is 28.9. The molecule has 0 saturated carbocycles. The lowest BCUT2D eigenvalue weighted by Crippen LogP contribution is -2.61. The highest BCUT2D eigenvalue weighted by Gasteiger charge is 2.77. The summed E-state index contributed by atoms with van der Waals surface area (Å²) in [5, 5.41) is 0. The average molecular weight is 310 g/mol. The maximum Gasteiger partial charge on any atom is 0.462 e. The van der Waals surface area contributed by atoms with Crippen LogP contribution in [0.4, 0.5) is 35.1 Å². The summed E-state index contributed by atoms with van der Waals surface area (Å²) in [7, 11) is -4.60. The molecule has 0 N–H and O–H groups in total. The van der Waals surface area contributed by atoms with Crippen LogP contribution in [0.2, 0.25) is 0 Å². The Morgan fingerprint density at radius 1 is 1.06 bits per heavy atom. The Morgan fingerprint density at radius 3 is 1.72 bits per heavy atom. The molecule has 1 saturated heterocycles. The van der Waals surface area contributed by atoms with Gasteiger partial charge in [-0.2, -0.15) is 43.5 Å². The lowest BCUT2D eigenvalue weighted by molar-refractivity contribution is -0.479. The van der Waals surface area contributed by atoms with Crippen molar-refractivity contribution in [3.8, 4) is 0 Å². The third-order valence-corrected chi connectivity index (χ3v) is 2.80. The van der Waals surface area contributed by atoms with E-state index in [1.165, 1.54) is 0 Å². The zero-order valence-corrected chi connectivity index (χ0v) is 8.59. The highest BCUT2D eigenvalue weighted by atomic mass is 32.2. The molecular weight excluding hydrogens is 308 g/mol. The van der Waals surface area contributed by atoms with E-state index in [-0.39, 0.29) is 0 Å². The van der Waals surface area contributed by atoms with Gasteiger partial charge in [-0.05, 0) is 0 Å². The van der Waals surface area contributed by atoms with Gasteiger partial charge in [0, 0.05) is 0 Å². The fourth-order valence-corrected chi connectivity index (χ4v) is 1.74. The molecule has 1 aliphatic heterocycles. The molecule has 18 heavy (non-hydrogen) atoms. The van der Waals surface area contributed by atoms with Crippen LogP contribution < -0.4 is 0 Å². The first kappa shape index (κ1) is 15.4. The molecule has 0 aromatic heterocycles. The molecule has 0 aromatic rings. The molecule has 1 heterocycles. The first-order chi connectivity index (χ1) is 7.62. The Labute approximate surface area is 93.6 Å². The van der Waals surface area contributed by atoms with Gasteiger partial charge in [0.2, 0.25) is 0 Å². The molecule has 108 valence electrons. The molecule has 1 unspecified atom stereocenters. The van der Waals surface area contributed by atoms with Crippen molar-refractivity contribution < 1.29 is 52.5 Å². The van der Waals surface area contributed by atoms with Crippen LogP contribution in [-0.4, -0.2) is 38.4 Å². The van der Waals surface area contributed by atoms with Crippen molar-refractivity contribution in [2.45, 2.75) is 24.2 Å². The molecule has 1 rings (SSSR count). The van der Waals surface area contributed by atoms with E-state index in [4.69, 9.17) is 0 Å². The summed E-state index contributed by atoms with van der Waals surface area (Å²) < 4.78 is 123. The van der Waals surface area contributed by atoms with Crippen LogP contribution in [-0.2, 0) is 19.0 Å². The topological polar surface area (TPSA) is 52.6 Å². The van der Waals surface area contributed by atoms with Gasteiger partial charge in [-0.3, -0.25) is 4.74 Å². The number of ether oxygens (including phenoxy) is 1. The van der Waals surface area contributed by atoms with Crippen molar-refractivity contribution >= 4 is 10.1 Å². The molecule has 0 amide bonds. The first-order valence-electron chi connectivity index (χ1n) is 3.77. The molecule has 13 heteroatoms. The van der Waals surface area contributed by atoms with Gasteiger partial charge >= 0.3 is 24.2 Å². The predicted molar refractivity (Wildman–Crippen MR) is 35.7 cm³/mol. The van der Waals surface area contributed by atoms with E-state index in [0.29, 0.717) is 0 Å². The van der Waals surface area contributed by atoms with Crippen LogP contribution in [0.15, 0.2) is 0 Å². The molecular formula is C5H2F8O4S. The van der Waals surface area contributed by atoms with Gasteiger partial charge in [0.25, 0.3) is 10.1 Å². The number of halogens is 8. The number of alkyl halides is 8. The molecule has 0 aliphatic carbocycles. The van der Waals surface area contributed by atoms with Crippen LogP contribution in [0.5, 0.6) is 0 Å². The second-order valence-electron chi connectivity index (χ2n) is 3.14. The van der Waals surface area contributed by atoms with Crippen LogP contribution in [0.25, 0.3) is 0 Å². The fourth-order valence-electron chi connectivity index (χ4n) is 0.861. The SMILES string of the molecule is O=S1(=O)CC(F)(OC(F)(F)C(F)(F)C(F)(F)F)O1. The molecule has 1 aliphatic rings. The zero-order chi connectivity index (χ0) is 14.6. The maximum atomic E-state index is 12.8. The standard InChI is InChI=1S/C5H2F8O4S/c6-2(1-18(14,15)17-2)16-5(12,13)3(7,8)4(9,10)11/h1H2. The van der Waals surface area contributed by atoms with Gasteiger partial charge in [-0.1, -0.05) is 0 Å². The van der Waals surface area contributed by atoms with Gasteiger partial charge in [0.15, 0.2) is 5.75 Å². The van der Waals surface area contributed by atoms with Gasteiger partial charge in [0.1, 0.15) is 0 Å². The number of hydrogen-bond acceptors (Lipinski definition) is 4. The summed E-state index contributed by atoms with van der Waals surface area (Å²) in [6, 6.07) is -4.25. The first-order valence-corrected chi connectivity index (χ1v) is 5.34. The average Bonchev–Trinajstić information content (AvgIpc) is 1.94. The van der Waals surface area contributed by atoms with E-state index in [2.05, 4.69) is 8.92 Å². The predicted octanol–water partition coefficient (Wildman–Crippen LogP) is 1.78. The summed E-state index contributed by atoms with van der Waals surface area (Å²) in [6.07, 6.45) is -13.1. The Morgan fingerprint density at radius 2 is 1.44 bits per heavy atom. The minimum Gasteiger partial charge on any atom is -0.252 e. The van der Waals surface area contributed by atoms with E-state index in [1.54, 1.807) is 0 Å². The molecule has 0 aromatic carbocycles. The Bertz CT molecular complexity index is 427. The zero-order valence-electron chi connectivity index (χ0n) is 7.77. The summed E-state index contributed by atoms with van der Waals surface area (Å²) in [4.78, 5) is 0. The third-order valence-electron chi connectivity index (χ3n) is 1.60. The van der Waals surface area contributed by atoms with E-state index in [0.717, 1.165) is 0 Å². The smallest absolute Gasteiger partial charge is 0.252 e. The lowest BCUT2D eigenvalue weighted by Gasteiger charge is -2.37. The summed E-state index contributed by atoms with van der Waals surface area (Å²) in [5.41, 5.74) is 0. The molecule has 1 fully saturated rings. The Balaban J connectivity index is 2.90. The molecule has 0 radical (unpaired) electrons. The molecule has 0 bridgehead atoms. The highest BCUT2D eigenvalue weighted by Crippen LogP contribution is 2.50. The van der Waals surface area contributed by atoms with Crippen molar-refractivity contribution in [1.29, 1.82) is 0 Å². The minimum absolute atomic E-state index is 1.93. The minimum atomic E-state index is -6.73. The number of rotatable bonds is 3. The third kappa shape index (κ3) is 2.51. The van der Waals surface area contributed by atoms with Crippen LogP contribution in [0, 0.1) is 0 Å². The van der Waals surface area contributed by atoms with Crippen molar-refractivity contribution in [2.75, 3.05) is 5.75 Å². The van der Waals surface area contributed by atoms with Crippen molar-refractivity contribution in [1.82, 2.24) is 0 Å². The summed E-state index contributed by atoms with van der Waals surface area (Å²) in [6.45, 7) is 0. The molecule has 1 atom stereocenters. The summed E-state index contributed by atoms with van der Waals surface area (Å²) >= 11 is 0. The quantitative estimate of drug-likeness (QED) is 0.589. The van der Waals surface area contributed by atoms with E-state index in [9.17, 15) is 43.5 Å². The second-order valence-corrected chi connectivity index (χ2v) is 4.71. The van der Waals surface area contributed by atoms with Gasteiger partial charge in [0.05, 0.1) is 0 Å². The Hall–Kier alpha value is -0.690. The number of hydrogen-bond donors (Lipinski definition) is 0. The lowest BCUT2D eigenvalue weighted by atomic mass is 10.3. The van der Waals surface area contributed by atoms with Crippen LogP contribution in [0.3, 0.4) is 0 Å². The van der Waals surface area contributed by atoms with Crippen LogP contribution in [0.1, 0.15) is 0 Å². The van der Waals surface area contributed by atoms with E-state index < -0.39 is 40.1 Å².